The van der Waals surface area contributed by atoms with E-state index in [1.165, 1.54) is 0 Å². The monoisotopic (exact) mass is 324 g/mol. The second-order valence-electron chi connectivity index (χ2n) is 4.75. The highest BCUT2D eigenvalue weighted by Gasteiger charge is 2.04. The molecular weight excluding hydrogens is 307 g/mol. The molecule has 0 saturated heterocycles. The van der Waals surface area contributed by atoms with Gasteiger partial charge >= 0.3 is 0 Å². The van der Waals surface area contributed by atoms with Gasteiger partial charge in [-0.05, 0) is 31.5 Å². The Balaban J connectivity index is 2.13. The van der Waals surface area contributed by atoms with Crippen LogP contribution >= 0.6 is 23.2 Å². The summed E-state index contributed by atoms with van der Waals surface area (Å²) in [5, 5.41) is 7.47. The van der Waals surface area contributed by atoms with Gasteiger partial charge in [0.15, 0.2) is 0 Å². The minimum Gasteiger partial charge on any atom is -0.354 e. The van der Waals surface area contributed by atoms with Crippen molar-refractivity contribution >= 4 is 40.7 Å². The molecule has 0 bridgehead atoms. The number of hydrogen-bond donors (Lipinski definition) is 2. The third kappa shape index (κ3) is 4.76. The van der Waals surface area contributed by atoms with E-state index in [0.717, 1.165) is 36.6 Å². The van der Waals surface area contributed by atoms with Gasteiger partial charge in [-0.1, -0.05) is 36.5 Å². The van der Waals surface area contributed by atoms with E-state index >= 15 is 0 Å². The Hall–Kier alpha value is -1.52. The molecule has 0 atom stereocenters. The van der Waals surface area contributed by atoms with Gasteiger partial charge < -0.3 is 10.6 Å². The number of aromatic nitrogens is 2. The van der Waals surface area contributed by atoms with Gasteiger partial charge in [-0.3, -0.25) is 0 Å². The van der Waals surface area contributed by atoms with E-state index in [2.05, 4.69) is 27.5 Å². The van der Waals surface area contributed by atoms with E-state index in [0.29, 0.717) is 16.0 Å². The molecule has 0 amide bonds. The van der Waals surface area contributed by atoms with Gasteiger partial charge in [0.1, 0.15) is 5.82 Å². The average molecular weight is 325 g/mol. The Labute approximate surface area is 134 Å². The fourth-order valence-electron chi connectivity index (χ4n) is 1.81. The Morgan fingerprint density at radius 1 is 1.10 bits per heavy atom. The Kier molecular flexibility index (Phi) is 5.65. The molecule has 0 aliphatic carbocycles. The van der Waals surface area contributed by atoms with Crippen LogP contribution in [0.2, 0.25) is 10.0 Å². The predicted molar refractivity (Wildman–Crippen MR) is 89.9 cm³/mol. The van der Waals surface area contributed by atoms with Gasteiger partial charge in [0.2, 0.25) is 5.95 Å². The molecule has 21 heavy (non-hydrogen) atoms. The van der Waals surface area contributed by atoms with E-state index in [-0.39, 0.29) is 0 Å². The lowest BCUT2D eigenvalue weighted by Gasteiger charge is -2.10. The highest BCUT2D eigenvalue weighted by molar-refractivity contribution is 6.42. The molecule has 1 aromatic heterocycles. The topological polar surface area (TPSA) is 49.8 Å². The van der Waals surface area contributed by atoms with Crippen LogP contribution in [0.3, 0.4) is 0 Å². The standard InChI is InChI=1S/C15H18Cl2N4/c1-3-4-7-18-15-19-10(2)8-14(21-15)20-11-5-6-12(16)13(17)9-11/h5-6,8-9H,3-4,7H2,1-2H3,(H2,18,19,20,21). The molecule has 0 fully saturated rings. The van der Waals surface area contributed by atoms with Crippen LogP contribution in [0, 0.1) is 6.92 Å². The van der Waals surface area contributed by atoms with Gasteiger partial charge in [-0.25, -0.2) is 4.98 Å². The molecule has 4 nitrogen and oxygen atoms in total. The summed E-state index contributed by atoms with van der Waals surface area (Å²) in [5.41, 5.74) is 1.73. The van der Waals surface area contributed by atoms with Crippen LogP contribution in [-0.4, -0.2) is 16.5 Å². The van der Waals surface area contributed by atoms with Crippen molar-refractivity contribution in [2.45, 2.75) is 26.7 Å². The average Bonchev–Trinajstić information content (AvgIpc) is 2.43. The third-order valence-electron chi connectivity index (χ3n) is 2.86. The SMILES string of the molecule is CCCCNc1nc(C)cc(Nc2ccc(Cl)c(Cl)c2)n1. The summed E-state index contributed by atoms with van der Waals surface area (Å²) in [6, 6.07) is 7.26. The first-order valence-electron chi connectivity index (χ1n) is 6.90. The van der Waals surface area contributed by atoms with Gasteiger partial charge in [0, 0.05) is 24.0 Å². The van der Waals surface area contributed by atoms with Crippen LogP contribution in [0.4, 0.5) is 17.5 Å². The first-order valence-corrected chi connectivity index (χ1v) is 7.65. The number of anilines is 3. The Bertz CT molecular complexity index is 617. The smallest absolute Gasteiger partial charge is 0.224 e. The molecule has 0 unspecified atom stereocenters. The van der Waals surface area contributed by atoms with Crippen molar-refractivity contribution in [2.75, 3.05) is 17.2 Å². The first kappa shape index (κ1) is 15.9. The molecule has 2 N–H and O–H groups in total. The lowest BCUT2D eigenvalue weighted by molar-refractivity contribution is 0.825. The molecule has 2 aromatic rings. The van der Waals surface area contributed by atoms with Crippen molar-refractivity contribution in [1.29, 1.82) is 0 Å². The van der Waals surface area contributed by atoms with Crippen LogP contribution < -0.4 is 10.6 Å². The summed E-state index contributed by atoms with van der Waals surface area (Å²) in [5.74, 6) is 1.35. The minimum atomic E-state index is 0.508. The number of halogens is 2. The summed E-state index contributed by atoms with van der Waals surface area (Å²) < 4.78 is 0. The largest absolute Gasteiger partial charge is 0.354 e. The van der Waals surface area contributed by atoms with Crippen molar-refractivity contribution in [2.24, 2.45) is 0 Å². The first-order chi connectivity index (χ1) is 10.1. The molecule has 0 aliphatic heterocycles. The molecule has 6 heteroatoms. The summed E-state index contributed by atoms with van der Waals surface area (Å²) in [4.78, 5) is 8.81. The molecule has 0 aliphatic rings. The second kappa shape index (κ2) is 7.48. The summed E-state index contributed by atoms with van der Waals surface area (Å²) in [7, 11) is 0. The second-order valence-corrected chi connectivity index (χ2v) is 5.57. The van der Waals surface area contributed by atoms with Gasteiger partial charge in [-0.2, -0.15) is 4.98 Å². The Morgan fingerprint density at radius 2 is 1.90 bits per heavy atom. The summed E-state index contributed by atoms with van der Waals surface area (Å²) in [6.07, 6.45) is 2.22. The zero-order valence-corrected chi connectivity index (χ0v) is 13.6. The van der Waals surface area contributed by atoms with Crippen molar-refractivity contribution in [3.63, 3.8) is 0 Å². The fourth-order valence-corrected chi connectivity index (χ4v) is 2.11. The van der Waals surface area contributed by atoms with Crippen molar-refractivity contribution in [3.05, 3.63) is 40.0 Å². The van der Waals surface area contributed by atoms with Crippen LogP contribution in [-0.2, 0) is 0 Å². The zero-order chi connectivity index (χ0) is 15.2. The molecule has 1 heterocycles. The van der Waals surface area contributed by atoms with Gasteiger partial charge in [0.05, 0.1) is 10.0 Å². The number of benzene rings is 1. The number of hydrogen-bond acceptors (Lipinski definition) is 4. The minimum absolute atomic E-state index is 0.508. The van der Waals surface area contributed by atoms with Crippen molar-refractivity contribution in [1.82, 2.24) is 9.97 Å². The predicted octanol–water partition coefficient (Wildman–Crippen LogP) is 5.05. The van der Waals surface area contributed by atoms with Crippen LogP contribution in [0.5, 0.6) is 0 Å². The molecule has 0 spiro atoms. The van der Waals surface area contributed by atoms with E-state index in [9.17, 15) is 0 Å². The maximum atomic E-state index is 6.01. The molecule has 2 rings (SSSR count). The molecule has 0 saturated carbocycles. The number of unbranched alkanes of at least 4 members (excludes halogenated alkanes) is 1. The van der Waals surface area contributed by atoms with Crippen molar-refractivity contribution < 1.29 is 0 Å². The number of nitrogens with one attached hydrogen (secondary N) is 2. The zero-order valence-electron chi connectivity index (χ0n) is 12.1. The van der Waals surface area contributed by atoms with E-state index in [1.54, 1.807) is 12.1 Å². The highest BCUT2D eigenvalue weighted by atomic mass is 35.5. The maximum absolute atomic E-state index is 6.01. The number of nitrogens with zero attached hydrogens (tertiary/aromatic N) is 2. The normalized spacial score (nSPS) is 10.5. The van der Waals surface area contributed by atoms with Crippen LogP contribution in [0.15, 0.2) is 24.3 Å². The lowest BCUT2D eigenvalue weighted by Crippen LogP contribution is -2.07. The molecular formula is C15H18Cl2N4. The van der Waals surface area contributed by atoms with E-state index in [4.69, 9.17) is 23.2 Å². The number of aryl methyl sites for hydroxylation is 1. The molecule has 112 valence electrons. The van der Waals surface area contributed by atoms with Crippen molar-refractivity contribution in [3.8, 4) is 0 Å². The summed E-state index contributed by atoms with van der Waals surface area (Å²) >= 11 is 11.9. The lowest BCUT2D eigenvalue weighted by atomic mass is 10.3. The quantitative estimate of drug-likeness (QED) is 0.730. The highest BCUT2D eigenvalue weighted by Crippen LogP contribution is 2.26. The molecule has 0 radical (unpaired) electrons. The van der Waals surface area contributed by atoms with Crippen LogP contribution in [0.25, 0.3) is 0 Å². The maximum Gasteiger partial charge on any atom is 0.224 e. The number of rotatable bonds is 6. The fraction of sp³-hybridized carbons (Fsp3) is 0.333. The van der Waals surface area contributed by atoms with E-state index < -0.39 is 0 Å². The van der Waals surface area contributed by atoms with Gasteiger partial charge in [0.25, 0.3) is 0 Å². The van der Waals surface area contributed by atoms with Gasteiger partial charge in [-0.15, -0.1) is 0 Å². The summed E-state index contributed by atoms with van der Waals surface area (Å²) in [6.45, 7) is 4.95. The van der Waals surface area contributed by atoms with Crippen LogP contribution in [0.1, 0.15) is 25.5 Å². The third-order valence-corrected chi connectivity index (χ3v) is 3.60. The van der Waals surface area contributed by atoms with E-state index in [1.807, 2.05) is 19.1 Å². The molecule has 1 aromatic carbocycles. The Morgan fingerprint density at radius 3 is 2.62 bits per heavy atom.